The molecule has 2 aromatic carbocycles. The van der Waals surface area contributed by atoms with Crippen LogP contribution in [0.2, 0.25) is 0 Å². The third-order valence-electron chi connectivity index (χ3n) is 4.77. The number of rotatable bonds is 9. The number of nitro groups is 1. The molecule has 0 fully saturated rings. The predicted molar refractivity (Wildman–Crippen MR) is 125 cm³/mol. The number of hydrogen-bond donors (Lipinski definition) is 2. The van der Waals surface area contributed by atoms with Crippen LogP contribution < -0.4 is 10.6 Å². The number of amides is 2. The molecule has 172 valence electrons. The molecule has 0 saturated heterocycles. The van der Waals surface area contributed by atoms with Crippen molar-refractivity contribution in [1.29, 1.82) is 0 Å². The van der Waals surface area contributed by atoms with E-state index in [1.165, 1.54) is 36.0 Å². The van der Waals surface area contributed by atoms with Crippen molar-refractivity contribution < 1.29 is 14.5 Å². The van der Waals surface area contributed by atoms with Gasteiger partial charge in [-0.05, 0) is 45.0 Å². The lowest BCUT2D eigenvalue weighted by Crippen LogP contribution is -2.28. The molecule has 3 rings (SSSR count). The summed E-state index contributed by atoms with van der Waals surface area (Å²) in [6, 6.07) is 12.6. The van der Waals surface area contributed by atoms with E-state index in [1.807, 2.05) is 43.5 Å². The van der Waals surface area contributed by atoms with Crippen LogP contribution in [0.4, 0.5) is 11.4 Å². The van der Waals surface area contributed by atoms with E-state index in [9.17, 15) is 19.7 Å². The summed E-state index contributed by atoms with van der Waals surface area (Å²) < 4.78 is 1.85. The Balaban J connectivity index is 1.60. The van der Waals surface area contributed by atoms with Gasteiger partial charge >= 0.3 is 0 Å². The standard InChI is InChI=1S/C22H24N6O4S/c1-4-27-20(15(3)23-21(30)16-7-5-6-14(2)12-16)25-26-22(27)33-13-19(29)24-17-8-10-18(11-9-17)28(31)32/h5-12,15H,4,13H2,1-3H3,(H,23,30)(H,24,29)/t15-/m0/s1. The number of non-ortho nitro benzene ring substituents is 1. The Morgan fingerprint density at radius 3 is 2.55 bits per heavy atom. The molecule has 1 aromatic heterocycles. The average molecular weight is 469 g/mol. The van der Waals surface area contributed by atoms with E-state index >= 15 is 0 Å². The van der Waals surface area contributed by atoms with Crippen LogP contribution in [0.1, 0.15) is 41.6 Å². The number of aryl methyl sites for hydroxylation is 1. The largest absolute Gasteiger partial charge is 0.342 e. The van der Waals surface area contributed by atoms with Gasteiger partial charge in [-0.1, -0.05) is 29.5 Å². The Morgan fingerprint density at radius 1 is 1.18 bits per heavy atom. The molecule has 1 heterocycles. The Bertz CT molecular complexity index is 1160. The van der Waals surface area contributed by atoms with Crippen LogP contribution in [0.25, 0.3) is 0 Å². The van der Waals surface area contributed by atoms with E-state index in [-0.39, 0.29) is 29.3 Å². The lowest BCUT2D eigenvalue weighted by Gasteiger charge is -2.15. The number of thioether (sulfide) groups is 1. The highest BCUT2D eigenvalue weighted by Crippen LogP contribution is 2.22. The first-order valence-corrected chi connectivity index (χ1v) is 11.2. The van der Waals surface area contributed by atoms with Crippen LogP contribution in [0.3, 0.4) is 0 Å². The lowest BCUT2D eigenvalue weighted by molar-refractivity contribution is -0.384. The second-order valence-electron chi connectivity index (χ2n) is 7.29. The molecule has 2 N–H and O–H groups in total. The highest BCUT2D eigenvalue weighted by Gasteiger charge is 2.20. The summed E-state index contributed by atoms with van der Waals surface area (Å²) in [4.78, 5) is 35.1. The summed E-state index contributed by atoms with van der Waals surface area (Å²) in [5.74, 6) is 0.200. The second-order valence-corrected chi connectivity index (χ2v) is 8.23. The van der Waals surface area contributed by atoms with Crippen molar-refractivity contribution in [2.75, 3.05) is 11.1 Å². The first-order valence-electron chi connectivity index (χ1n) is 10.3. The maximum absolute atomic E-state index is 12.6. The Kier molecular flexibility index (Phi) is 7.78. The maximum atomic E-state index is 12.6. The molecule has 0 bridgehead atoms. The van der Waals surface area contributed by atoms with Gasteiger partial charge in [0.2, 0.25) is 5.91 Å². The first-order chi connectivity index (χ1) is 15.8. The van der Waals surface area contributed by atoms with E-state index in [1.54, 1.807) is 6.07 Å². The summed E-state index contributed by atoms with van der Waals surface area (Å²) in [6.07, 6.45) is 0. The number of hydrogen-bond acceptors (Lipinski definition) is 7. The third kappa shape index (κ3) is 6.16. The maximum Gasteiger partial charge on any atom is 0.269 e. The van der Waals surface area contributed by atoms with Gasteiger partial charge in [0.15, 0.2) is 11.0 Å². The third-order valence-corrected chi connectivity index (χ3v) is 5.74. The van der Waals surface area contributed by atoms with Gasteiger partial charge in [-0.2, -0.15) is 0 Å². The summed E-state index contributed by atoms with van der Waals surface area (Å²) in [6.45, 7) is 6.26. The molecule has 0 saturated carbocycles. The highest BCUT2D eigenvalue weighted by atomic mass is 32.2. The van der Waals surface area contributed by atoms with Crippen molar-refractivity contribution >= 4 is 35.0 Å². The van der Waals surface area contributed by atoms with Gasteiger partial charge in [0, 0.05) is 29.9 Å². The van der Waals surface area contributed by atoms with E-state index in [2.05, 4.69) is 20.8 Å². The number of carbonyl (C=O) groups excluding carboxylic acids is 2. The Labute approximate surface area is 194 Å². The highest BCUT2D eigenvalue weighted by molar-refractivity contribution is 7.99. The van der Waals surface area contributed by atoms with Gasteiger partial charge in [-0.25, -0.2) is 0 Å². The quantitative estimate of drug-likeness (QED) is 0.278. The zero-order valence-corrected chi connectivity index (χ0v) is 19.3. The molecule has 0 spiro atoms. The number of nitrogens with one attached hydrogen (secondary N) is 2. The minimum atomic E-state index is -0.499. The first kappa shape index (κ1) is 23.9. The molecule has 0 radical (unpaired) electrons. The molecular weight excluding hydrogens is 444 g/mol. The van der Waals surface area contributed by atoms with E-state index in [0.717, 1.165) is 5.56 Å². The van der Waals surface area contributed by atoms with Crippen LogP contribution in [-0.2, 0) is 11.3 Å². The molecule has 0 unspecified atom stereocenters. The lowest BCUT2D eigenvalue weighted by atomic mass is 10.1. The second kappa shape index (κ2) is 10.7. The molecule has 3 aromatic rings. The van der Waals surface area contributed by atoms with Gasteiger partial charge in [0.25, 0.3) is 11.6 Å². The van der Waals surface area contributed by atoms with Crippen molar-refractivity contribution in [2.24, 2.45) is 0 Å². The van der Waals surface area contributed by atoms with Crippen molar-refractivity contribution in [1.82, 2.24) is 20.1 Å². The minimum Gasteiger partial charge on any atom is -0.342 e. The van der Waals surface area contributed by atoms with E-state index in [0.29, 0.717) is 28.8 Å². The average Bonchev–Trinajstić information content (AvgIpc) is 3.21. The van der Waals surface area contributed by atoms with E-state index in [4.69, 9.17) is 0 Å². The molecule has 0 aliphatic heterocycles. The minimum absolute atomic E-state index is 0.0467. The van der Waals surface area contributed by atoms with Gasteiger partial charge in [-0.15, -0.1) is 10.2 Å². The molecule has 10 nitrogen and oxygen atoms in total. The van der Waals surface area contributed by atoms with Gasteiger partial charge in [0.1, 0.15) is 0 Å². The predicted octanol–water partition coefficient (Wildman–Crippen LogP) is 3.74. The molecule has 1 atom stereocenters. The van der Waals surface area contributed by atoms with Gasteiger partial charge in [-0.3, -0.25) is 19.7 Å². The van der Waals surface area contributed by atoms with Crippen molar-refractivity contribution in [3.63, 3.8) is 0 Å². The number of nitrogens with zero attached hydrogens (tertiary/aromatic N) is 4. The fourth-order valence-electron chi connectivity index (χ4n) is 3.15. The normalized spacial score (nSPS) is 11.6. The molecule has 0 aliphatic rings. The molecule has 0 aliphatic carbocycles. The van der Waals surface area contributed by atoms with E-state index < -0.39 is 4.92 Å². The van der Waals surface area contributed by atoms with Crippen LogP contribution in [0, 0.1) is 17.0 Å². The van der Waals surface area contributed by atoms with Crippen LogP contribution in [-0.4, -0.2) is 37.3 Å². The zero-order chi connectivity index (χ0) is 24.0. The molecule has 33 heavy (non-hydrogen) atoms. The fraction of sp³-hybridized carbons (Fsp3) is 0.273. The monoisotopic (exact) mass is 468 g/mol. The summed E-state index contributed by atoms with van der Waals surface area (Å²) >= 11 is 1.22. The topological polar surface area (TPSA) is 132 Å². The molecule has 11 heteroatoms. The van der Waals surface area contributed by atoms with Crippen LogP contribution in [0.15, 0.2) is 53.7 Å². The van der Waals surface area contributed by atoms with Crippen LogP contribution in [0.5, 0.6) is 0 Å². The molecule has 2 amide bonds. The Hall–Kier alpha value is -3.73. The smallest absolute Gasteiger partial charge is 0.269 e. The van der Waals surface area contributed by atoms with Crippen molar-refractivity contribution in [3.8, 4) is 0 Å². The van der Waals surface area contributed by atoms with Gasteiger partial charge < -0.3 is 15.2 Å². The van der Waals surface area contributed by atoms with Crippen LogP contribution >= 0.6 is 11.8 Å². The van der Waals surface area contributed by atoms with Gasteiger partial charge in [0.05, 0.1) is 16.7 Å². The number of aromatic nitrogens is 3. The number of nitro benzene ring substituents is 1. The SMILES string of the molecule is CCn1c(SCC(=O)Nc2ccc([N+](=O)[O-])cc2)nnc1[C@H](C)NC(=O)c1cccc(C)c1. The summed E-state index contributed by atoms with van der Waals surface area (Å²) in [5, 5.41) is 25.3. The molecular formula is C22H24N6O4S. The van der Waals surface area contributed by atoms with Crippen molar-refractivity contribution in [3.05, 3.63) is 75.6 Å². The fourth-order valence-corrected chi connectivity index (χ4v) is 3.96. The summed E-state index contributed by atoms with van der Waals surface area (Å²) in [7, 11) is 0. The number of benzene rings is 2. The number of carbonyl (C=O) groups is 2. The summed E-state index contributed by atoms with van der Waals surface area (Å²) in [5.41, 5.74) is 1.99. The Morgan fingerprint density at radius 2 is 1.91 bits per heavy atom. The number of anilines is 1. The van der Waals surface area contributed by atoms with Crippen molar-refractivity contribution in [2.45, 2.75) is 38.5 Å². The zero-order valence-electron chi connectivity index (χ0n) is 18.4.